The van der Waals surface area contributed by atoms with Crippen molar-refractivity contribution in [3.8, 4) is 0 Å². The molecule has 0 aliphatic carbocycles. The van der Waals surface area contributed by atoms with Crippen LogP contribution in [0.3, 0.4) is 0 Å². The van der Waals surface area contributed by atoms with Crippen LogP contribution < -0.4 is 0 Å². The summed E-state index contributed by atoms with van der Waals surface area (Å²) in [5.41, 5.74) is 1.65. The molecule has 0 radical (unpaired) electrons. The van der Waals surface area contributed by atoms with Crippen molar-refractivity contribution in [1.29, 1.82) is 0 Å². The van der Waals surface area contributed by atoms with E-state index in [1.54, 1.807) is 19.4 Å². The van der Waals surface area contributed by atoms with Crippen molar-refractivity contribution < 1.29 is 15.3 Å². The zero-order chi connectivity index (χ0) is 14.1. The first-order valence-corrected chi connectivity index (χ1v) is 6.69. The molecule has 1 aliphatic heterocycles. The standard InChI is InChI=1S/C15H17FN2O2.H2/c1-20-9-10-7-18(8-10)15(19)4-11-6-17-14-5-12(16)2-3-13(11)14;/h2-3,5-6,10,17H,4,7-9H2,1H3;1H. The number of hydrogen-bond acceptors (Lipinski definition) is 2. The minimum atomic E-state index is -0.276. The number of aromatic amines is 1. The molecule has 1 amide bonds. The number of H-pyrrole nitrogens is 1. The van der Waals surface area contributed by atoms with Gasteiger partial charge in [0.05, 0.1) is 13.0 Å². The molecule has 1 saturated heterocycles. The van der Waals surface area contributed by atoms with Crippen LogP contribution in [0.1, 0.15) is 6.99 Å². The van der Waals surface area contributed by atoms with Gasteiger partial charge >= 0.3 is 0 Å². The summed E-state index contributed by atoms with van der Waals surface area (Å²) in [5, 5.41) is 0.911. The number of ether oxygens (including phenoxy) is 1. The lowest BCUT2D eigenvalue weighted by Crippen LogP contribution is -2.52. The minimum Gasteiger partial charge on any atom is -0.384 e. The second-order valence-electron chi connectivity index (χ2n) is 5.30. The molecule has 1 aromatic heterocycles. The van der Waals surface area contributed by atoms with Crippen molar-refractivity contribution in [2.75, 3.05) is 26.8 Å². The van der Waals surface area contributed by atoms with Crippen molar-refractivity contribution >= 4 is 16.8 Å². The normalized spacial score (nSPS) is 15.6. The molecule has 1 aromatic carbocycles. The number of hydrogen-bond donors (Lipinski definition) is 1. The molecule has 0 saturated carbocycles. The van der Waals surface area contributed by atoms with Gasteiger partial charge in [-0.3, -0.25) is 4.79 Å². The molecule has 1 fully saturated rings. The second-order valence-corrected chi connectivity index (χ2v) is 5.30. The second kappa shape index (κ2) is 5.25. The molecule has 0 spiro atoms. The largest absolute Gasteiger partial charge is 0.384 e. The third-order valence-corrected chi connectivity index (χ3v) is 3.78. The Balaban J connectivity index is 0.00000161. The Hall–Kier alpha value is -1.88. The first-order valence-electron chi connectivity index (χ1n) is 6.69. The van der Waals surface area contributed by atoms with Gasteiger partial charge in [-0.15, -0.1) is 0 Å². The van der Waals surface area contributed by atoms with Gasteiger partial charge in [-0.2, -0.15) is 0 Å². The fraction of sp³-hybridized carbons (Fsp3) is 0.400. The Morgan fingerprint density at radius 3 is 3.10 bits per heavy atom. The fourth-order valence-electron chi connectivity index (χ4n) is 2.69. The quantitative estimate of drug-likeness (QED) is 0.932. The SMILES string of the molecule is COCC1CN(C(=O)Cc2c[nH]c3cc(F)ccc23)C1.[HH]. The summed E-state index contributed by atoms with van der Waals surface area (Å²) in [6.07, 6.45) is 2.14. The van der Waals surface area contributed by atoms with Crippen molar-refractivity contribution in [1.82, 2.24) is 9.88 Å². The van der Waals surface area contributed by atoms with Gasteiger partial charge in [-0.1, -0.05) is 0 Å². The summed E-state index contributed by atoms with van der Waals surface area (Å²) < 4.78 is 18.2. The van der Waals surface area contributed by atoms with Crippen LogP contribution in [0.5, 0.6) is 0 Å². The van der Waals surface area contributed by atoms with Crippen molar-refractivity contribution in [3.63, 3.8) is 0 Å². The maximum absolute atomic E-state index is 13.1. The molecular formula is C15H19FN2O2. The molecule has 3 rings (SSSR count). The lowest BCUT2D eigenvalue weighted by molar-refractivity contribution is -0.137. The predicted octanol–water partition coefficient (Wildman–Crippen LogP) is 2.20. The number of likely N-dealkylation sites (tertiary alicyclic amines) is 1. The number of methoxy groups -OCH3 is 1. The number of carbonyl (C=O) groups excluding carboxylic acids is 1. The Morgan fingerprint density at radius 1 is 1.55 bits per heavy atom. The monoisotopic (exact) mass is 278 g/mol. The van der Waals surface area contributed by atoms with E-state index in [2.05, 4.69) is 4.98 Å². The van der Waals surface area contributed by atoms with Crippen molar-refractivity contribution in [3.05, 3.63) is 35.8 Å². The summed E-state index contributed by atoms with van der Waals surface area (Å²) in [6, 6.07) is 4.58. The van der Waals surface area contributed by atoms with Crippen molar-refractivity contribution in [2.24, 2.45) is 5.92 Å². The van der Waals surface area contributed by atoms with Crippen LogP contribution in [0.4, 0.5) is 4.39 Å². The van der Waals surface area contributed by atoms with Crippen molar-refractivity contribution in [2.45, 2.75) is 6.42 Å². The number of amides is 1. The van der Waals surface area contributed by atoms with Crippen LogP contribution in [0, 0.1) is 11.7 Å². The number of rotatable bonds is 4. The van der Waals surface area contributed by atoms with Crippen LogP contribution in [-0.4, -0.2) is 42.6 Å². The maximum atomic E-state index is 13.1. The summed E-state index contributed by atoms with van der Waals surface area (Å²) in [5.74, 6) is 0.297. The Kier molecular flexibility index (Phi) is 3.44. The topological polar surface area (TPSA) is 45.3 Å². The van der Waals surface area contributed by atoms with Gasteiger partial charge in [-0.25, -0.2) is 4.39 Å². The van der Waals surface area contributed by atoms with Gasteiger partial charge in [0.15, 0.2) is 0 Å². The minimum absolute atomic E-state index is 0. The zero-order valence-electron chi connectivity index (χ0n) is 11.4. The van der Waals surface area contributed by atoms with E-state index < -0.39 is 0 Å². The van der Waals surface area contributed by atoms with Crippen LogP contribution in [0.15, 0.2) is 24.4 Å². The maximum Gasteiger partial charge on any atom is 0.227 e. The van der Waals surface area contributed by atoms with E-state index in [9.17, 15) is 9.18 Å². The summed E-state index contributed by atoms with van der Waals surface area (Å²) in [7, 11) is 1.68. The predicted molar refractivity (Wildman–Crippen MR) is 76.0 cm³/mol. The molecule has 0 bridgehead atoms. The first kappa shape index (κ1) is 13.1. The molecule has 2 aromatic rings. The molecule has 0 atom stereocenters. The Bertz CT molecular complexity index is 638. The average Bonchev–Trinajstić information content (AvgIpc) is 2.75. The van der Waals surface area contributed by atoms with E-state index in [-0.39, 0.29) is 13.2 Å². The highest BCUT2D eigenvalue weighted by atomic mass is 19.1. The fourth-order valence-corrected chi connectivity index (χ4v) is 2.69. The number of halogens is 1. The number of aromatic nitrogens is 1. The van der Waals surface area contributed by atoms with Gasteiger partial charge in [0.25, 0.3) is 0 Å². The molecule has 20 heavy (non-hydrogen) atoms. The molecule has 4 nitrogen and oxygen atoms in total. The number of fused-ring (bicyclic) bond motifs is 1. The van der Waals surface area contributed by atoms with E-state index in [0.29, 0.717) is 18.9 Å². The highest BCUT2D eigenvalue weighted by molar-refractivity contribution is 5.89. The van der Waals surface area contributed by atoms with Gasteiger partial charge < -0.3 is 14.6 Å². The third kappa shape index (κ3) is 2.41. The number of benzene rings is 1. The lowest BCUT2D eigenvalue weighted by atomic mass is 10.00. The average molecular weight is 278 g/mol. The van der Waals surface area contributed by atoms with Gasteiger partial charge in [0.1, 0.15) is 5.82 Å². The van der Waals surface area contributed by atoms with Crippen LogP contribution in [0.2, 0.25) is 0 Å². The van der Waals surface area contributed by atoms with Crippen LogP contribution in [-0.2, 0) is 16.0 Å². The Labute approximate surface area is 118 Å². The lowest BCUT2D eigenvalue weighted by Gasteiger charge is -2.39. The molecular weight excluding hydrogens is 259 g/mol. The molecule has 5 heteroatoms. The first-order chi connectivity index (χ1) is 9.67. The molecule has 108 valence electrons. The van der Waals surface area contributed by atoms with E-state index in [0.717, 1.165) is 29.6 Å². The smallest absolute Gasteiger partial charge is 0.227 e. The molecule has 0 unspecified atom stereocenters. The highest BCUT2D eigenvalue weighted by Crippen LogP contribution is 2.22. The van der Waals surface area contributed by atoms with Crippen LogP contribution in [0.25, 0.3) is 10.9 Å². The third-order valence-electron chi connectivity index (χ3n) is 3.78. The van der Waals surface area contributed by atoms with E-state index in [4.69, 9.17) is 4.74 Å². The van der Waals surface area contributed by atoms with E-state index in [1.165, 1.54) is 12.1 Å². The van der Waals surface area contributed by atoms with Crippen LogP contribution >= 0.6 is 0 Å². The van der Waals surface area contributed by atoms with E-state index in [1.807, 2.05) is 4.90 Å². The Morgan fingerprint density at radius 2 is 2.35 bits per heavy atom. The molecule has 1 aliphatic rings. The summed E-state index contributed by atoms with van der Waals surface area (Å²) >= 11 is 0. The zero-order valence-corrected chi connectivity index (χ0v) is 11.4. The van der Waals surface area contributed by atoms with Gasteiger partial charge in [0.2, 0.25) is 5.91 Å². The van der Waals surface area contributed by atoms with Gasteiger partial charge in [0, 0.05) is 44.6 Å². The number of nitrogens with one attached hydrogen (secondary N) is 1. The summed E-state index contributed by atoms with van der Waals surface area (Å²) in [6.45, 7) is 2.24. The number of carbonyl (C=O) groups is 1. The molecule has 1 N–H and O–H groups in total. The summed E-state index contributed by atoms with van der Waals surface area (Å²) in [4.78, 5) is 17.0. The highest BCUT2D eigenvalue weighted by Gasteiger charge is 2.30. The number of nitrogens with zero attached hydrogens (tertiary/aromatic N) is 1. The van der Waals surface area contributed by atoms with E-state index >= 15 is 0 Å². The molecule has 2 heterocycles. The van der Waals surface area contributed by atoms with Gasteiger partial charge in [-0.05, 0) is 23.8 Å².